The lowest BCUT2D eigenvalue weighted by molar-refractivity contribution is 0.0955. The number of hydrazine groups is 1. The Labute approximate surface area is 129 Å². The van der Waals surface area contributed by atoms with E-state index in [-0.39, 0.29) is 5.91 Å². The van der Waals surface area contributed by atoms with Crippen molar-refractivity contribution in [2.24, 2.45) is 5.84 Å². The van der Waals surface area contributed by atoms with Crippen molar-refractivity contribution in [2.45, 2.75) is 39.8 Å². The first-order valence-electron chi connectivity index (χ1n) is 7.37. The molecule has 1 atom stereocenters. The Kier molecular flexibility index (Phi) is 5.33. The predicted molar refractivity (Wildman–Crippen MR) is 89.3 cm³/mol. The SMILES string of the molecule is CCC(C)N(CC)Cc1c(C(=O)NN)sc2ccccc12. The van der Waals surface area contributed by atoms with Crippen molar-refractivity contribution >= 4 is 27.3 Å². The van der Waals surface area contributed by atoms with Gasteiger partial charge in [-0.2, -0.15) is 0 Å². The van der Waals surface area contributed by atoms with Crippen LogP contribution >= 0.6 is 11.3 Å². The standard InChI is InChI=1S/C16H23N3OS/c1-4-11(3)19(5-2)10-13-12-8-6-7-9-14(12)21-15(13)16(20)18-17/h6-9,11H,4-5,10,17H2,1-3H3,(H,18,20). The average molecular weight is 305 g/mol. The zero-order valence-electron chi connectivity index (χ0n) is 12.8. The van der Waals surface area contributed by atoms with Crippen LogP contribution in [0.4, 0.5) is 0 Å². The number of nitrogens with one attached hydrogen (secondary N) is 1. The van der Waals surface area contributed by atoms with E-state index in [0.29, 0.717) is 6.04 Å². The van der Waals surface area contributed by atoms with E-state index in [4.69, 9.17) is 5.84 Å². The second kappa shape index (κ2) is 7.02. The largest absolute Gasteiger partial charge is 0.297 e. The fourth-order valence-electron chi connectivity index (χ4n) is 2.55. The minimum atomic E-state index is -0.202. The number of nitrogens with two attached hydrogens (primary N) is 1. The lowest BCUT2D eigenvalue weighted by atomic mass is 10.1. The van der Waals surface area contributed by atoms with Crippen LogP contribution in [0.25, 0.3) is 10.1 Å². The van der Waals surface area contributed by atoms with Gasteiger partial charge in [0, 0.05) is 17.3 Å². The van der Waals surface area contributed by atoms with Gasteiger partial charge in [0.1, 0.15) is 0 Å². The van der Waals surface area contributed by atoms with Crippen LogP contribution in [0.5, 0.6) is 0 Å². The number of thiophene rings is 1. The number of benzene rings is 1. The summed E-state index contributed by atoms with van der Waals surface area (Å²) in [4.78, 5) is 15.2. The first kappa shape index (κ1) is 15.9. The number of rotatable bonds is 6. The molecule has 0 spiro atoms. The summed E-state index contributed by atoms with van der Waals surface area (Å²) in [5, 5.41) is 1.16. The van der Waals surface area contributed by atoms with Gasteiger partial charge in [0.2, 0.25) is 0 Å². The number of fused-ring (bicyclic) bond motifs is 1. The molecule has 1 heterocycles. The van der Waals surface area contributed by atoms with E-state index < -0.39 is 0 Å². The van der Waals surface area contributed by atoms with Gasteiger partial charge in [-0.1, -0.05) is 32.0 Å². The zero-order valence-corrected chi connectivity index (χ0v) is 13.7. The molecule has 0 fully saturated rings. The van der Waals surface area contributed by atoms with Gasteiger partial charge in [0.05, 0.1) is 4.88 Å². The van der Waals surface area contributed by atoms with Crippen LogP contribution in [0.3, 0.4) is 0 Å². The molecule has 5 heteroatoms. The van der Waals surface area contributed by atoms with Crippen LogP contribution in [-0.2, 0) is 6.54 Å². The Morgan fingerprint density at radius 3 is 2.71 bits per heavy atom. The highest BCUT2D eigenvalue weighted by molar-refractivity contribution is 7.21. The van der Waals surface area contributed by atoms with Crippen LogP contribution in [0.15, 0.2) is 24.3 Å². The molecule has 21 heavy (non-hydrogen) atoms. The van der Waals surface area contributed by atoms with Crippen LogP contribution in [0.2, 0.25) is 0 Å². The lowest BCUT2D eigenvalue weighted by Crippen LogP contribution is -2.34. The number of hydrogen-bond donors (Lipinski definition) is 2. The third-order valence-corrected chi connectivity index (χ3v) is 5.23. The first-order valence-corrected chi connectivity index (χ1v) is 8.19. The van der Waals surface area contributed by atoms with E-state index in [9.17, 15) is 4.79 Å². The summed E-state index contributed by atoms with van der Waals surface area (Å²) in [7, 11) is 0. The fraction of sp³-hybridized carbons (Fsp3) is 0.438. The van der Waals surface area contributed by atoms with E-state index in [1.54, 1.807) is 0 Å². The molecule has 3 N–H and O–H groups in total. The molecule has 2 rings (SSSR count). The van der Waals surface area contributed by atoms with Crippen molar-refractivity contribution in [2.75, 3.05) is 6.54 Å². The summed E-state index contributed by atoms with van der Waals surface area (Å²) in [5.74, 6) is 5.14. The van der Waals surface area contributed by atoms with Gasteiger partial charge in [-0.05, 0) is 36.9 Å². The number of amides is 1. The van der Waals surface area contributed by atoms with Gasteiger partial charge in [-0.25, -0.2) is 5.84 Å². The molecule has 0 aliphatic heterocycles. The summed E-state index contributed by atoms with van der Waals surface area (Å²) in [6.07, 6.45) is 1.09. The highest BCUT2D eigenvalue weighted by Crippen LogP contribution is 2.32. The van der Waals surface area contributed by atoms with Crippen molar-refractivity contribution in [1.82, 2.24) is 10.3 Å². The second-order valence-corrected chi connectivity index (χ2v) is 6.25. The molecule has 0 aliphatic carbocycles. The third-order valence-electron chi connectivity index (χ3n) is 4.02. The Morgan fingerprint density at radius 2 is 2.10 bits per heavy atom. The van der Waals surface area contributed by atoms with E-state index >= 15 is 0 Å². The van der Waals surface area contributed by atoms with Crippen molar-refractivity contribution in [1.29, 1.82) is 0 Å². The molecule has 1 amide bonds. The monoisotopic (exact) mass is 305 g/mol. The van der Waals surface area contributed by atoms with Crippen LogP contribution < -0.4 is 11.3 Å². The molecule has 1 unspecified atom stereocenters. The Balaban J connectivity index is 2.47. The number of nitrogens with zero attached hydrogens (tertiary/aromatic N) is 1. The highest BCUT2D eigenvalue weighted by atomic mass is 32.1. The molecule has 1 aromatic heterocycles. The molecule has 0 saturated carbocycles. The van der Waals surface area contributed by atoms with Gasteiger partial charge >= 0.3 is 0 Å². The van der Waals surface area contributed by atoms with Crippen molar-refractivity contribution in [3.05, 3.63) is 34.7 Å². The maximum absolute atomic E-state index is 12.1. The summed E-state index contributed by atoms with van der Waals surface area (Å²) in [6, 6.07) is 8.64. The van der Waals surface area contributed by atoms with Gasteiger partial charge in [0.25, 0.3) is 5.91 Å². The molecular formula is C16H23N3OS. The normalized spacial score (nSPS) is 12.8. The topological polar surface area (TPSA) is 58.4 Å². The summed E-state index contributed by atoms with van der Waals surface area (Å²) >= 11 is 1.51. The molecule has 4 nitrogen and oxygen atoms in total. The average Bonchev–Trinajstić information content (AvgIpc) is 2.89. The molecule has 0 radical (unpaired) electrons. The van der Waals surface area contributed by atoms with Crippen LogP contribution in [0.1, 0.15) is 42.4 Å². The molecule has 0 aliphatic rings. The van der Waals surface area contributed by atoms with E-state index in [1.807, 2.05) is 12.1 Å². The summed E-state index contributed by atoms with van der Waals surface area (Å²) < 4.78 is 1.13. The van der Waals surface area contributed by atoms with E-state index in [0.717, 1.165) is 40.0 Å². The smallest absolute Gasteiger partial charge is 0.275 e. The first-order chi connectivity index (χ1) is 10.1. The number of carbonyl (C=O) groups is 1. The number of carbonyl (C=O) groups excluding carboxylic acids is 1. The van der Waals surface area contributed by atoms with Crippen molar-refractivity contribution in [3.8, 4) is 0 Å². The van der Waals surface area contributed by atoms with Gasteiger partial charge in [0.15, 0.2) is 0 Å². The predicted octanol–water partition coefficient (Wildman–Crippen LogP) is 3.13. The minimum absolute atomic E-state index is 0.202. The maximum Gasteiger partial charge on any atom is 0.275 e. The summed E-state index contributed by atoms with van der Waals surface area (Å²) in [5.41, 5.74) is 3.35. The van der Waals surface area contributed by atoms with Gasteiger partial charge < -0.3 is 0 Å². The Morgan fingerprint density at radius 1 is 1.38 bits per heavy atom. The Hall–Kier alpha value is -1.43. The van der Waals surface area contributed by atoms with E-state index in [1.165, 1.54) is 11.3 Å². The molecule has 1 aromatic carbocycles. The Bertz CT molecular complexity index is 623. The quantitative estimate of drug-likeness (QED) is 0.490. The van der Waals surface area contributed by atoms with Crippen molar-refractivity contribution < 1.29 is 4.79 Å². The van der Waals surface area contributed by atoms with Crippen molar-refractivity contribution in [3.63, 3.8) is 0 Å². The van der Waals surface area contributed by atoms with Gasteiger partial charge in [-0.15, -0.1) is 11.3 Å². The molecule has 114 valence electrons. The fourth-order valence-corrected chi connectivity index (χ4v) is 3.66. The van der Waals surface area contributed by atoms with E-state index in [2.05, 4.69) is 43.2 Å². The molecular weight excluding hydrogens is 282 g/mol. The van der Waals surface area contributed by atoms with Crippen LogP contribution in [-0.4, -0.2) is 23.4 Å². The van der Waals surface area contributed by atoms with Crippen LogP contribution in [0, 0.1) is 0 Å². The van der Waals surface area contributed by atoms with Gasteiger partial charge in [-0.3, -0.25) is 15.1 Å². The highest BCUT2D eigenvalue weighted by Gasteiger charge is 2.20. The summed E-state index contributed by atoms with van der Waals surface area (Å²) in [6.45, 7) is 8.30. The molecule has 0 saturated heterocycles. The second-order valence-electron chi connectivity index (χ2n) is 5.20. The minimum Gasteiger partial charge on any atom is -0.297 e. The number of nitrogen functional groups attached to an aromatic ring is 1. The molecule has 0 bridgehead atoms. The number of hydrogen-bond acceptors (Lipinski definition) is 4. The lowest BCUT2D eigenvalue weighted by Gasteiger charge is -2.27. The zero-order chi connectivity index (χ0) is 15.4. The third kappa shape index (κ3) is 3.26. The molecule has 2 aromatic rings. The maximum atomic E-state index is 12.1.